The number of aliphatic hydroxyl groups is 1. The first-order valence-electron chi connectivity index (χ1n) is 5.20. The smallest absolute Gasteiger partial charge is 0.0833 e. The van der Waals surface area contributed by atoms with Crippen molar-refractivity contribution in [3.63, 3.8) is 0 Å². The van der Waals surface area contributed by atoms with Crippen molar-refractivity contribution in [3.05, 3.63) is 33.4 Å². The molecule has 1 rings (SSSR count). The third-order valence-electron chi connectivity index (χ3n) is 2.20. The van der Waals surface area contributed by atoms with Crippen LogP contribution in [0.1, 0.15) is 12.5 Å². The van der Waals surface area contributed by atoms with Gasteiger partial charge in [0.1, 0.15) is 0 Å². The van der Waals surface area contributed by atoms with Crippen LogP contribution in [0.2, 0.25) is 0 Å². The number of thioether (sulfide) groups is 1. The van der Waals surface area contributed by atoms with E-state index in [0.717, 1.165) is 12.3 Å². The minimum Gasteiger partial charge on any atom is -0.388 e. The molecule has 1 atom stereocenters. The van der Waals surface area contributed by atoms with E-state index in [9.17, 15) is 5.11 Å². The molecule has 0 aliphatic rings. The molecule has 16 heavy (non-hydrogen) atoms. The van der Waals surface area contributed by atoms with Gasteiger partial charge < -0.3 is 10.4 Å². The molecule has 0 radical (unpaired) electrons. The summed E-state index contributed by atoms with van der Waals surface area (Å²) in [6.07, 6.45) is 2.01. The molecule has 1 aromatic rings. The van der Waals surface area contributed by atoms with Gasteiger partial charge in [0.25, 0.3) is 0 Å². The monoisotopic (exact) mass is 351 g/mol. The first-order valence-corrected chi connectivity index (χ1v) is 7.67. The van der Waals surface area contributed by atoms with Gasteiger partial charge in [-0.25, -0.2) is 0 Å². The third-order valence-corrected chi connectivity index (χ3v) is 3.83. The second kappa shape index (κ2) is 6.83. The van der Waals surface area contributed by atoms with Crippen molar-refractivity contribution in [1.29, 1.82) is 0 Å². The predicted molar refractivity (Wildman–Crippen MR) is 79.9 cm³/mol. The second-order valence-electron chi connectivity index (χ2n) is 4.16. The molecule has 0 fully saturated rings. The molecule has 0 heterocycles. The Bertz CT molecular complexity index is 313. The van der Waals surface area contributed by atoms with E-state index in [2.05, 4.69) is 52.2 Å². The molecule has 1 unspecified atom stereocenters. The molecule has 0 saturated heterocycles. The maximum absolute atomic E-state index is 9.95. The van der Waals surface area contributed by atoms with Crippen molar-refractivity contribution < 1.29 is 5.11 Å². The van der Waals surface area contributed by atoms with E-state index < -0.39 is 5.60 Å². The number of hydrogen-bond donors (Lipinski definition) is 2. The van der Waals surface area contributed by atoms with Gasteiger partial charge in [0, 0.05) is 22.4 Å². The number of hydrogen-bond acceptors (Lipinski definition) is 3. The van der Waals surface area contributed by atoms with Crippen molar-refractivity contribution in [2.75, 3.05) is 18.6 Å². The maximum atomic E-state index is 9.95. The number of benzene rings is 1. The minimum atomic E-state index is -0.622. The van der Waals surface area contributed by atoms with Gasteiger partial charge in [-0.05, 0) is 53.5 Å². The van der Waals surface area contributed by atoms with Crippen LogP contribution in [0.3, 0.4) is 0 Å². The Hall–Kier alpha value is 0.220. The number of rotatable bonds is 6. The average molecular weight is 351 g/mol. The van der Waals surface area contributed by atoms with Crippen molar-refractivity contribution in [2.45, 2.75) is 19.1 Å². The summed E-state index contributed by atoms with van der Waals surface area (Å²) in [6.45, 7) is 3.30. The van der Waals surface area contributed by atoms with E-state index in [-0.39, 0.29) is 0 Å². The van der Waals surface area contributed by atoms with E-state index in [4.69, 9.17) is 0 Å². The lowest BCUT2D eigenvalue weighted by atomic mass is 10.1. The number of halogens is 1. The van der Waals surface area contributed by atoms with E-state index >= 15 is 0 Å². The largest absolute Gasteiger partial charge is 0.388 e. The molecule has 0 bridgehead atoms. The van der Waals surface area contributed by atoms with Gasteiger partial charge >= 0.3 is 0 Å². The van der Waals surface area contributed by atoms with Gasteiger partial charge in [0.15, 0.2) is 0 Å². The van der Waals surface area contributed by atoms with Gasteiger partial charge in [-0.1, -0.05) is 12.1 Å². The lowest BCUT2D eigenvalue weighted by Gasteiger charge is -2.22. The number of nitrogens with one attached hydrogen (secondary N) is 1. The van der Waals surface area contributed by atoms with Crippen molar-refractivity contribution in [3.8, 4) is 0 Å². The summed E-state index contributed by atoms with van der Waals surface area (Å²) >= 11 is 3.96. The average Bonchev–Trinajstić information content (AvgIpc) is 2.20. The van der Waals surface area contributed by atoms with Crippen LogP contribution >= 0.6 is 34.4 Å². The Labute approximate surface area is 115 Å². The molecule has 0 aliphatic carbocycles. The molecular weight excluding hydrogens is 333 g/mol. The molecule has 90 valence electrons. The Morgan fingerprint density at radius 3 is 2.56 bits per heavy atom. The molecule has 0 aromatic heterocycles. The summed E-state index contributed by atoms with van der Waals surface area (Å²) in [5.41, 5.74) is 0.628. The van der Waals surface area contributed by atoms with E-state index in [1.807, 2.05) is 13.2 Å². The van der Waals surface area contributed by atoms with Gasteiger partial charge in [-0.3, -0.25) is 0 Å². The molecular formula is C12H18INOS. The van der Waals surface area contributed by atoms with Crippen molar-refractivity contribution in [2.24, 2.45) is 0 Å². The molecule has 0 aliphatic heterocycles. The summed E-state index contributed by atoms with van der Waals surface area (Å²) in [4.78, 5) is 0. The van der Waals surface area contributed by atoms with Gasteiger partial charge in [-0.15, -0.1) is 0 Å². The van der Waals surface area contributed by atoms with Crippen LogP contribution in [-0.4, -0.2) is 29.3 Å². The molecule has 2 N–H and O–H groups in total. The highest BCUT2D eigenvalue weighted by Crippen LogP contribution is 2.10. The summed E-state index contributed by atoms with van der Waals surface area (Å²) in [5, 5.41) is 13.2. The van der Waals surface area contributed by atoms with Crippen LogP contribution in [0, 0.1) is 3.57 Å². The molecule has 1 aromatic carbocycles. The normalized spacial score (nSPS) is 14.8. The first-order chi connectivity index (χ1) is 7.53. The zero-order valence-electron chi connectivity index (χ0n) is 9.66. The highest BCUT2D eigenvalue weighted by atomic mass is 127. The van der Waals surface area contributed by atoms with Crippen molar-refractivity contribution >= 4 is 34.4 Å². The Kier molecular flexibility index (Phi) is 6.10. The van der Waals surface area contributed by atoms with Crippen LogP contribution in [-0.2, 0) is 6.54 Å². The molecule has 0 saturated carbocycles. The standard InChI is InChI=1S/C12H18INOS/c1-12(15,9-16-2)8-14-7-10-3-5-11(13)6-4-10/h3-6,14-15H,7-9H2,1-2H3. The van der Waals surface area contributed by atoms with Crippen LogP contribution in [0.15, 0.2) is 24.3 Å². The van der Waals surface area contributed by atoms with Crippen molar-refractivity contribution in [1.82, 2.24) is 5.32 Å². The minimum absolute atomic E-state index is 0.622. The van der Waals surface area contributed by atoms with Crippen LogP contribution in [0.25, 0.3) is 0 Å². The Balaban J connectivity index is 2.32. The molecule has 4 heteroatoms. The van der Waals surface area contributed by atoms with Crippen LogP contribution in [0.5, 0.6) is 0 Å². The quantitative estimate of drug-likeness (QED) is 0.773. The molecule has 2 nitrogen and oxygen atoms in total. The van der Waals surface area contributed by atoms with Crippen LogP contribution in [0.4, 0.5) is 0 Å². The summed E-state index contributed by atoms with van der Waals surface area (Å²) in [7, 11) is 0. The van der Waals surface area contributed by atoms with Gasteiger partial charge in [0.05, 0.1) is 5.60 Å². The summed E-state index contributed by atoms with van der Waals surface area (Å²) in [6, 6.07) is 8.41. The molecule has 0 spiro atoms. The van der Waals surface area contributed by atoms with Gasteiger partial charge in [0.2, 0.25) is 0 Å². The zero-order valence-corrected chi connectivity index (χ0v) is 12.6. The Morgan fingerprint density at radius 2 is 2.00 bits per heavy atom. The second-order valence-corrected chi connectivity index (χ2v) is 6.27. The predicted octanol–water partition coefficient (Wildman–Crippen LogP) is 2.49. The van der Waals surface area contributed by atoms with E-state index in [1.54, 1.807) is 11.8 Å². The van der Waals surface area contributed by atoms with Crippen LogP contribution < -0.4 is 5.32 Å². The highest BCUT2D eigenvalue weighted by molar-refractivity contribution is 14.1. The summed E-state index contributed by atoms with van der Waals surface area (Å²) in [5.74, 6) is 0.757. The SMILES string of the molecule is CSCC(C)(O)CNCc1ccc(I)cc1. The van der Waals surface area contributed by atoms with E-state index in [0.29, 0.717) is 6.54 Å². The first kappa shape index (κ1) is 14.3. The fourth-order valence-corrected chi connectivity index (χ4v) is 2.52. The Morgan fingerprint density at radius 1 is 1.38 bits per heavy atom. The fraction of sp³-hybridized carbons (Fsp3) is 0.500. The third kappa shape index (κ3) is 5.52. The fourth-order valence-electron chi connectivity index (χ4n) is 1.44. The molecule has 0 amide bonds. The maximum Gasteiger partial charge on any atom is 0.0833 e. The van der Waals surface area contributed by atoms with Gasteiger partial charge in [-0.2, -0.15) is 11.8 Å². The van der Waals surface area contributed by atoms with E-state index in [1.165, 1.54) is 9.13 Å². The lowest BCUT2D eigenvalue weighted by molar-refractivity contribution is 0.0846. The summed E-state index contributed by atoms with van der Waals surface area (Å²) < 4.78 is 1.25. The highest BCUT2D eigenvalue weighted by Gasteiger charge is 2.18. The topological polar surface area (TPSA) is 32.3 Å². The lowest BCUT2D eigenvalue weighted by Crippen LogP contribution is -2.39. The zero-order chi connectivity index (χ0) is 12.0.